The number of aliphatic hydroxyl groups is 1. The lowest BCUT2D eigenvalue weighted by molar-refractivity contribution is -0.137. The van der Waals surface area contributed by atoms with Crippen LogP contribution in [-0.4, -0.2) is 22.8 Å². The molecule has 2 heterocycles. The summed E-state index contributed by atoms with van der Waals surface area (Å²) in [5.74, 6) is -5.26. The van der Waals surface area contributed by atoms with E-state index in [4.69, 9.17) is 17.3 Å². The topological polar surface area (TPSA) is 122 Å². The third kappa shape index (κ3) is 3.87. The molecule has 0 aromatic heterocycles. The molecule has 1 atom stereocenters. The third-order valence-corrected chi connectivity index (χ3v) is 6.77. The SMILES string of the molecule is NC(=O)c1cc(F)cc(C(F)(F)F)c1-c1cc2c(c3c1C(O)(c1cc(F)ccc1Cl)NC3=O)NC(=O)CC2. The van der Waals surface area contributed by atoms with Gasteiger partial charge in [-0.1, -0.05) is 11.6 Å². The Bertz CT molecular complexity index is 1590. The first-order chi connectivity index (χ1) is 17.7. The Morgan fingerprint density at radius 2 is 1.74 bits per heavy atom. The second-order valence-corrected chi connectivity index (χ2v) is 9.19. The van der Waals surface area contributed by atoms with Gasteiger partial charge in [0.1, 0.15) is 11.6 Å². The van der Waals surface area contributed by atoms with E-state index in [-0.39, 0.29) is 35.2 Å². The molecule has 38 heavy (non-hydrogen) atoms. The van der Waals surface area contributed by atoms with E-state index in [0.29, 0.717) is 6.07 Å². The first-order valence-electron chi connectivity index (χ1n) is 10.9. The molecule has 0 radical (unpaired) electrons. The molecule has 0 bridgehead atoms. The van der Waals surface area contributed by atoms with Crippen LogP contribution in [0.2, 0.25) is 5.02 Å². The van der Waals surface area contributed by atoms with E-state index < -0.39 is 80.2 Å². The molecule has 13 heteroatoms. The maximum atomic E-state index is 14.3. The minimum Gasteiger partial charge on any atom is -0.366 e. The highest BCUT2D eigenvalue weighted by Crippen LogP contribution is 2.51. The number of anilines is 1. The molecule has 2 aliphatic heterocycles. The molecule has 0 aliphatic carbocycles. The van der Waals surface area contributed by atoms with Crippen molar-refractivity contribution < 1.29 is 41.4 Å². The number of amides is 3. The Morgan fingerprint density at radius 1 is 1.03 bits per heavy atom. The second-order valence-electron chi connectivity index (χ2n) is 8.78. The normalized spacial score (nSPS) is 18.5. The number of hydrogen-bond donors (Lipinski definition) is 4. The average molecular weight is 552 g/mol. The van der Waals surface area contributed by atoms with E-state index in [1.165, 1.54) is 0 Å². The molecule has 2 aliphatic rings. The van der Waals surface area contributed by atoms with Gasteiger partial charge in [0.2, 0.25) is 11.8 Å². The van der Waals surface area contributed by atoms with Gasteiger partial charge < -0.3 is 21.5 Å². The number of fused-ring (bicyclic) bond motifs is 3. The highest BCUT2D eigenvalue weighted by atomic mass is 35.5. The van der Waals surface area contributed by atoms with Crippen molar-refractivity contribution in [3.05, 3.63) is 86.4 Å². The zero-order valence-corrected chi connectivity index (χ0v) is 19.7. The zero-order valence-electron chi connectivity index (χ0n) is 18.9. The van der Waals surface area contributed by atoms with E-state index in [1.54, 1.807) is 0 Å². The quantitative estimate of drug-likeness (QED) is 0.364. The minimum absolute atomic E-state index is 0.0116. The summed E-state index contributed by atoms with van der Waals surface area (Å²) in [6.07, 6.45) is -5.31. The van der Waals surface area contributed by atoms with E-state index in [1.807, 2.05) is 0 Å². The fraction of sp³-hybridized carbons (Fsp3) is 0.160. The number of nitrogens with one attached hydrogen (secondary N) is 2. The van der Waals surface area contributed by atoms with Crippen molar-refractivity contribution in [1.82, 2.24) is 5.32 Å². The van der Waals surface area contributed by atoms with Crippen molar-refractivity contribution in [3.8, 4) is 11.1 Å². The van der Waals surface area contributed by atoms with Gasteiger partial charge in [-0.2, -0.15) is 13.2 Å². The van der Waals surface area contributed by atoms with Gasteiger partial charge in [-0.3, -0.25) is 14.4 Å². The number of aryl methyl sites for hydroxylation is 1. The monoisotopic (exact) mass is 551 g/mol. The molecule has 1 unspecified atom stereocenters. The van der Waals surface area contributed by atoms with Gasteiger partial charge in [-0.25, -0.2) is 8.78 Å². The Morgan fingerprint density at radius 3 is 2.39 bits per heavy atom. The average Bonchev–Trinajstić information content (AvgIpc) is 3.10. The first-order valence-corrected chi connectivity index (χ1v) is 11.3. The molecule has 5 N–H and O–H groups in total. The fourth-order valence-electron chi connectivity index (χ4n) is 4.91. The lowest BCUT2D eigenvalue weighted by atomic mass is 9.81. The molecule has 0 fully saturated rings. The molecule has 0 saturated heterocycles. The number of primary amides is 1. The Labute approximate surface area is 215 Å². The summed E-state index contributed by atoms with van der Waals surface area (Å²) in [7, 11) is 0. The standard InChI is InChI=1S/C25H15ClF5N3O4/c26-16-3-2-10(27)7-14(16)24(38)20-12(5-9-1-4-17(35)33-21(9)19(20)23(37)34-24)18-13(22(32)36)6-11(28)8-15(18)25(29,30)31/h2-3,5-8,38H,1,4H2,(H2,32,36)(H,33,35)(H,34,37). The van der Waals surface area contributed by atoms with Crippen molar-refractivity contribution in [2.24, 2.45) is 5.73 Å². The Kier molecular flexibility index (Phi) is 5.73. The summed E-state index contributed by atoms with van der Waals surface area (Å²) in [4.78, 5) is 37.7. The summed E-state index contributed by atoms with van der Waals surface area (Å²) in [5, 5.41) is 16.2. The summed E-state index contributed by atoms with van der Waals surface area (Å²) in [6.45, 7) is 0. The first kappa shape index (κ1) is 25.6. The van der Waals surface area contributed by atoms with Crippen molar-refractivity contribution >= 4 is 35.0 Å². The number of carbonyl (C=O) groups excluding carboxylic acids is 3. The summed E-state index contributed by atoms with van der Waals surface area (Å²) in [5.41, 5.74) is -2.63. The van der Waals surface area contributed by atoms with Crippen LogP contribution in [0.3, 0.4) is 0 Å². The summed E-state index contributed by atoms with van der Waals surface area (Å²) >= 11 is 6.20. The smallest absolute Gasteiger partial charge is 0.366 e. The molecular formula is C25H15ClF5N3O4. The highest BCUT2D eigenvalue weighted by molar-refractivity contribution is 6.31. The lowest BCUT2D eigenvalue weighted by Crippen LogP contribution is -2.41. The number of alkyl halides is 3. The van der Waals surface area contributed by atoms with Crippen LogP contribution in [0.4, 0.5) is 27.6 Å². The minimum atomic E-state index is -5.22. The van der Waals surface area contributed by atoms with Crippen LogP contribution in [0.25, 0.3) is 11.1 Å². The van der Waals surface area contributed by atoms with Crippen molar-refractivity contribution in [2.75, 3.05) is 5.32 Å². The van der Waals surface area contributed by atoms with Crippen LogP contribution < -0.4 is 16.4 Å². The third-order valence-electron chi connectivity index (χ3n) is 6.44. The number of nitrogens with two attached hydrogens (primary N) is 1. The second kappa shape index (κ2) is 8.50. The van der Waals surface area contributed by atoms with Crippen molar-refractivity contribution in [2.45, 2.75) is 24.7 Å². The predicted molar refractivity (Wildman–Crippen MR) is 124 cm³/mol. The molecule has 0 saturated carbocycles. The maximum absolute atomic E-state index is 14.3. The van der Waals surface area contributed by atoms with Gasteiger partial charge in [0.05, 0.1) is 22.4 Å². The van der Waals surface area contributed by atoms with Crippen LogP contribution in [0, 0.1) is 11.6 Å². The number of rotatable bonds is 3. The highest BCUT2D eigenvalue weighted by Gasteiger charge is 2.50. The summed E-state index contributed by atoms with van der Waals surface area (Å²) < 4.78 is 71.1. The van der Waals surface area contributed by atoms with Crippen LogP contribution in [0.1, 0.15) is 49.4 Å². The molecule has 7 nitrogen and oxygen atoms in total. The molecule has 5 rings (SSSR count). The molecule has 0 spiro atoms. The van der Waals surface area contributed by atoms with Crippen LogP contribution >= 0.6 is 11.6 Å². The van der Waals surface area contributed by atoms with Crippen LogP contribution in [-0.2, 0) is 23.1 Å². The van der Waals surface area contributed by atoms with E-state index in [9.17, 15) is 41.4 Å². The largest absolute Gasteiger partial charge is 0.417 e. The fourth-order valence-corrected chi connectivity index (χ4v) is 5.16. The molecule has 3 aromatic rings. The number of hydrogen-bond acceptors (Lipinski definition) is 4. The number of benzene rings is 3. The Balaban J connectivity index is 1.99. The van der Waals surface area contributed by atoms with E-state index in [2.05, 4.69) is 10.6 Å². The van der Waals surface area contributed by atoms with Gasteiger partial charge in [-0.15, -0.1) is 0 Å². The van der Waals surface area contributed by atoms with Crippen LogP contribution in [0.15, 0.2) is 36.4 Å². The Hall–Kier alpha value is -4.03. The number of halogens is 6. The van der Waals surface area contributed by atoms with Crippen molar-refractivity contribution in [1.29, 1.82) is 0 Å². The molecule has 3 amide bonds. The van der Waals surface area contributed by atoms with Crippen molar-refractivity contribution in [3.63, 3.8) is 0 Å². The van der Waals surface area contributed by atoms with E-state index in [0.717, 1.165) is 24.3 Å². The van der Waals surface area contributed by atoms with E-state index >= 15 is 0 Å². The molecular weight excluding hydrogens is 537 g/mol. The van der Waals surface area contributed by atoms with Gasteiger partial charge in [-0.05, 0) is 53.9 Å². The predicted octanol–water partition coefficient (Wildman–Crippen LogP) is 4.22. The van der Waals surface area contributed by atoms with Gasteiger partial charge in [0.25, 0.3) is 5.91 Å². The van der Waals surface area contributed by atoms with Crippen LogP contribution in [0.5, 0.6) is 0 Å². The zero-order chi connectivity index (χ0) is 27.7. The van der Waals surface area contributed by atoms with Gasteiger partial charge in [0.15, 0.2) is 5.72 Å². The summed E-state index contributed by atoms with van der Waals surface area (Å²) in [6, 6.07) is 4.56. The molecule has 196 valence electrons. The van der Waals surface area contributed by atoms with Gasteiger partial charge in [0, 0.05) is 28.1 Å². The lowest BCUT2D eigenvalue weighted by Gasteiger charge is -2.30. The van der Waals surface area contributed by atoms with Gasteiger partial charge >= 0.3 is 6.18 Å². The molecule has 3 aromatic carbocycles. The number of carbonyl (C=O) groups is 3. The maximum Gasteiger partial charge on any atom is 0.417 e.